The van der Waals surface area contributed by atoms with Crippen molar-refractivity contribution < 1.29 is 37.3 Å². The summed E-state index contributed by atoms with van der Waals surface area (Å²) in [5.74, 6) is 0.718. The lowest BCUT2D eigenvalue weighted by molar-refractivity contribution is -0.137. The van der Waals surface area contributed by atoms with Crippen LogP contribution in [0, 0.1) is 0 Å². The second-order valence-corrected chi connectivity index (χ2v) is 11.4. The van der Waals surface area contributed by atoms with Crippen molar-refractivity contribution >= 4 is 11.8 Å². The number of methoxy groups -OCH3 is 1. The molecule has 5 rings (SSSR count). The van der Waals surface area contributed by atoms with E-state index < -0.39 is 29.3 Å². The zero-order valence-corrected chi connectivity index (χ0v) is 27.1. The van der Waals surface area contributed by atoms with E-state index in [2.05, 4.69) is 20.9 Å². The molecule has 2 atom stereocenters. The molecule has 0 saturated heterocycles. The molecule has 0 fully saturated rings. The maximum Gasteiger partial charge on any atom is 0.416 e. The Balaban J connectivity index is 1.54. The number of benzene rings is 4. The fraction of sp³-hybridized carbons (Fsp3) is 0.278. The summed E-state index contributed by atoms with van der Waals surface area (Å²) in [6.45, 7) is 0.398. The molecule has 3 N–H and O–H groups in total. The number of aliphatic imine (C=N–C) groups is 1. The van der Waals surface area contributed by atoms with Gasteiger partial charge in [0, 0.05) is 36.5 Å². The summed E-state index contributed by atoms with van der Waals surface area (Å²) in [5.41, 5.74) is 15.2. The number of azide groups is 1. The minimum atomic E-state index is -4.47. The maximum atomic E-state index is 14.5. The summed E-state index contributed by atoms with van der Waals surface area (Å²) >= 11 is 0. The molecule has 0 bridgehead atoms. The van der Waals surface area contributed by atoms with Crippen molar-refractivity contribution in [2.75, 3.05) is 20.3 Å². The Hall–Kier alpha value is -5.56. The summed E-state index contributed by atoms with van der Waals surface area (Å²) in [6, 6.07) is 25.9. The summed E-state index contributed by atoms with van der Waals surface area (Å²) in [6.07, 6.45) is -4.95. The lowest BCUT2D eigenvalue weighted by Crippen LogP contribution is -2.53. The van der Waals surface area contributed by atoms with Crippen LogP contribution in [0.5, 0.6) is 11.5 Å². The number of nitrogens with zero attached hydrogens (tertiary/aromatic N) is 4. The van der Waals surface area contributed by atoms with E-state index in [1.165, 1.54) is 19.2 Å². The molecule has 4 aromatic carbocycles. The quantitative estimate of drug-likeness (QED) is 0.0421. The van der Waals surface area contributed by atoms with Crippen molar-refractivity contribution in [1.29, 1.82) is 0 Å². The molecule has 0 aliphatic carbocycles. The van der Waals surface area contributed by atoms with Gasteiger partial charge >= 0.3 is 6.18 Å². The molecule has 0 saturated carbocycles. The third-order valence-electron chi connectivity index (χ3n) is 8.08. The molecule has 4 aromatic rings. The molecule has 0 spiro atoms. The molecule has 260 valence electrons. The van der Waals surface area contributed by atoms with Gasteiger partial charge in [-0.2, -0.15) is 13.2 Å². The average Bonchev–Trinajstić information content (AvgIpc) is 3.52. The van der Waals surface area contributed by atoms with E-state index in [1.807, 2.05) is 6.07 Å². The number of nitrogens with one attached hydrogen (secondary N) is 2. The minimum Gasteiger partial charge on any atom is -0.497 e. The molecule has 14 heteroatoms. The molecule has 0 unspecified atom stereocenters. The van der Waals surface area contributed by atoms with E-state index in [0.29, 0.717) is 52.3 Å². The zero-order chi connectivity index (χ0) is 35.6. The standard InChI is InChI=1S/C36H35F3N6O5/c1-48-31-9-4-8-26(20-31)32-35(21-27-6-2-3-7-28(27)23-42-45-40,34(47)44-41-22-24-10-14-29(15-11-24)36(37,38)39)43-33(50-32)25-12-16-30(17-13-25)49-19-5-18-46/h2-4,6-17,20,32,41,46H,5,18-19,21-23H2,1H3,(H,44,47)/t32-,35-/m0/s1. The number of hydrogen-bond donors (Lipinski definition) is 3. The number of hydrazine groups is 1. The van der Waals surface area contributed by atoms with Crippen molar-refractivity contribution in [2.24, 2.45) is 10.1 Å². The van der Waals surface area contributed by atoms with Gasteiger partial charge in [0.2, 0.25) is 5.90 Å². The van der Waals surface area contributed by atoms with E-state index in [0.717, 1.165) is 12.1 Å². The highest BCUT2D eigenvalue weighted by molar-refractivity contribution is 6.01. The summed E-state index contributed by atoms with van der Waals surface area (Å²) < 4.78 is 57.0. The van der Waals surface area contributed by atoms with Crippen LogP contribution in [-0.4, -0.2) is 42.8 Å². The number of halogens is 3. The molecular formula is C36H35F3N6O5. The van der Waals surface area contributed by atoms with Crippen LogP contribution < -0.4 is 20.3 Å². The monoisotopic (exact) mass is 688 g/mol. The van der Waals surface area contributed by atoms with Gasteiger partial charge in [-0.15, -0.1) is 0 Å². The van der Waals surface area contributed by atoms with Gasteiger partial charge in [-0.1, -0.05) is 53.6 Å². The number of carbonyl (C=O) groups excluding carboxylic acids is 1. The first kappa shape index (κ1) is 35.7. The molecular weight excluding hydrogens is 653 g/mol. The van der Waals surface area contributed by atoms with Crippen LogP contribution in [0.2, 0.25) is 0 Å². The van der Waals surface area contributed by atoms with Crippen LogP contribution >= 0.6 is 0 Å². The first-order valence-corrected chi connectivity index (χ1v) is 15.7. The number of carbonyl (C=O) groups is 1. The second-order valence-electron chi connectivity index (χ2n) is 11.4. The Morgan fingerprint density at radius 3 is 2.44 bits per heavy atom. The number of aliphatic hydroxyl groups is 1. The van der Waals surface area contributed by atoms with Gasteiger partial charge in [-0.05, 0) is 76.3 Å². The molecule has 1 heterocycles. The smallest absolute Gasteiger partial charge is 0.416 e. The molecule has 1 aliphatic heterocycles. The van der Waals surface area contributed by atoms with E-state index >= 15 is 0 Å². The maximum absolute atomic E-state index is 14.5. The molecule has 1 amide bonds. The molecule has 0 aromatic heterocycles. The van der Waals surface area contributed by atoms with Crippen LogP contribution in [0.15, 0.2) is 107 Å². The first-order valence-electron chi connectivity index (χ1n) is 15.7. The third kappa shape index (κ3) is 8.53. The van der Waals surface area contributed by atoms with Crippen LogP contribution in [0.3, 0.4) is 0 Å². The third-order valence-corrected chi connectivity index (χ3v) is 8.08. The number of ether oxygens (including phenoxy) is 3. The van der Waals surface area contributed by atoms with Crippen molar-refractivity contribution in [3.8, 4) is 11.5 Å². The first-order chi connectivity index (χ1) is 24.2. The van der Waals surface area contributed by atoms with Crippen molar-refractivity contribution in [3.05, 3.63) is 141 Å². The number of hydrogen-bond acceptors (Lipinski definition) is 8. The predicted molar refractivity (Wildman–Crippen MR) is 179 cm³/mol. The fourth-order valence-electron chi connectivity index (χ4n) is 5.52. The molecule has 11 nitrogen and oxygen atoms in total. The summed E-state index contributed by atoms with van der Waals surface area (Å²) in [7, 11) is 1.53. The second kappa shape index (κ2) is 16.2. The molecule has 50 heavy (non-hydrogen) atoms. The van der Waals surface area contributed by atoms with E-state index in [4.69, 9.17) is 29.8 Å². The largest absolute Gasteiger partial charge is 0.497 e. The normalized spacial score (nSPS) is 16.9. The van der Waals surface area contributed by atoms with Crippen molar-refractivity contribution in [2.45, 2.75) is 43.8 Å². The average molecular weight is 689 g/mol. The summed E-state index contributed by atoms with van der Waals surface area (Å²) in [5, 5.41) is 12.8. The number of rotatable bonds is 15. The topological polar surface area (TPSA) is 150 Å². The fourth-order valence-corrected chi connectivity index (χ4v) is 5.52. The highest BCUT2D eigenvalue weighted by Crippen LogP contribution is 2.43. The van der Waals surface area contributed by atoms with Gasteiger partial charge in [-0.25, -0.2) is 10.4 Å². The highest BCUT2D eigenvalue weighted by Gasteiger charge is 2.53. The van der Waals surface area contributed by atoms with Gasteiger partial charge in [-0.3, -0.25) is 10.2 Å². The lowest BCUT2D eigenvalue weighted by Gasteiger charge is -2.31. The highest BCUT2D eigenvalue weighted by atomic mass is 19.4. The summed E-state index contributed by atoms with van der Waals surface area (Å²) in [4.78, 5) is 22.4. The SMILES string of the molecule is COc1cccc([C@@H]2OC(c3ccc(OCCCO)cc3)=N[C@]2(Cc2ccccc2CN=[N+]=[N-])C(=O)NNCc2ccc(C(F)(F)F)cc2)c1. The van der Waals surface area contributed by atoms with Gasteiger partial charge in [0.25, 0.3) is 5.91 Å². The van der Waals surface area contributed by atoms with E-state index in [1.54, 1.807) is 66.7 Å². The van der Waals surface area contributed by atoms with Gasteiger partial charge in [0.1, 0.15) is 11.5 Å². The van der Waals surface area contributed by atoms with Crippen molar-refractivity contribution in [1.82, 2.24) is 10.9 Å². The Labute approximate surface area is 286 Å². The van der Waals surface area contributed by atoms with E-state index in [9.17, 15) is 18.0 Å². The zero-order valence-electron chi connectivity index (χ0n) is 27.1. The Kier molecular flexibility index (Phi) is 11.6. The van der Waals surface area contributed by atoms with Crippen LogP contribution in [0.1, 0.15) is 45.9 Å². The minimum absolute atomic E-state index is 0.00369. The molecule has 1 aliphatic rings. The van der Waals surface area contributed by atoms with Crippen molar-refractivity contribution in [3.63, 3.8) is 0 Å². The van der Waals surface area contributed by atoms with Crippen LogP contribution in [0.25, 0.3) is 10.4 Å². The number of amides is 1. The van der Waals surface area contributed by atoms with Gasteiger partial charge in [0.05, 0.1) is 25.8 Å². The predicted octanol–water partition coefficient (Wildman–Crippen LogP) is 6.61. The van der Waals surface area contributed by atoms with Crippen LogP contribution in [0.4, 0.5) is 13.2 Å². The lowest BCUT2D eigenvalue weighted by atomic mass is 9.81. The molecule has 0 radical (unpaired) electrons. The van der Waals surface area contributed by atoms with E-state index in [-0.39, 0.29) is 32.0 Å². The number of aliphatic hydroxyl groups excluding tert-OH is 1. The Morgan fingerprint density at radius 2 is 1.76 bits per heavy atom. The van der Waals surface area contributed by atoms with Gasteiger partial charge < -0.3 is 19.3 Å². The number of alkyl halides is 3. The van der Waals surface area contributed by atoms with Crippen LogP contribution in [-0.2, 0) is 35.2 Å². The Morgan fingerprint density at radius 1 is 1.02 bits per heavy atom. The van der Waals surface area contributed by atoms with Gasteiger partial charge in [0.15, 0.2) is 11.6 Å². The Bertz CT molecular complexity index is 1850.